The molecule has 0 radical (unpaired) electrons. The maximum absolute atomic E-state index is 12.5. The smallest absolute Gasteiger partial charge is 0.416 e. The van der Waals surface area contributed by atoms with E-state index in [4.69, 9.17) is 21.4 Å². The van der Waals surface area contributed by atoms with Crippen LogP contribution in [0.5, 0.6) is 5.75 Å². The molecule has 0 saturated carbocycles. The summed E-state index contributed by atoms with van der Waals surface area (Å²) in [5, 5.41) is 9.22. The van der Waals surface area contributed by atoms with E-state index in [9.17, 15) is 18.0 Å². The summed E-state index contributed by atoms with van der Waals surface area (Å²) in [4.78, 5) is 11.2. The zero-order chi connectivity index (χ0) is 16.5. The molecular formula is C15H10ClF3O3. The van der Waals surface area contributed by atoms with E-state index in [1.54, 1.807) is 0 Å². The van der Waals surface area contributed by atoms with E-state index in [1.807, 2.05) is 0 Å². The quantitative estimate of drug-likeness (QED) is 0.884. The Kier molecular flexibility index (Phi) is 4.32. The minimum Gasteiger partial charge on any atom is -0.494 e. The standard InChI is InChI=1S/C15H10ClF3O3/c1-22-13-11(14(20)21)6-9(7-12(13)16)8-2-4-10(5-3-8)15(17,18)19/h2-7H,1H3,(H,20,21). The molecule has 0 spiro atoms. The zero-order valence-electron chi connectivity index (χ0n) is 11.2. The van der Waals surface area contributed by atoms with Crippen molar-refractivity contribution in [2.45, 2.75) is 6.18 Å². The Morgan fingerprint density at radius 2 is 1.73 bits per heavy atom. The van der Waals surface area contributed by atoms with E-state index in [1.165, 1.54) is 31.4 Å². The number of hydrogen-bond acceptors (Lipinski definition) is 2. The monoisotopic (exact) mass is 330 g/mol. The summed E-state index contributed by atoms with van der Waals surface area (Å²) in [5.41, 5.74) is -0.142. The van der Waals surface area contributed by atoms with Gasteiger partial charge in [0.1, 0.15) is 5.56 Å². The third kappa shape index (κ3) is 3.17. The summed E-state index contributed by atoms with van der Waals surface area (Å²) < 4.78 is 42.5. The molecular weight excluding hydrogens is 321 g/mol. The molecule has 22 heavy (non-hydrogen) atoms. The number of methoxy groups -OCH3 is 1. The molecule has 0 aliphatic carbocycles. The van der Waals surface area contributed by atoms with E-state index in [-0.39, 0.29) is 16.3 Å². The van der Waals surface area contributed by atoms with E-state index in [0.717, 1.165) is 12.1 Å². The molecule has 0 aliphatic heterocycles. The number of carboxylic acid groups (broad SMARTS) is 1. The number of rotatable bonds is 3. The van der Waals surface area contributed by atoms with Gasteiger partial charge < -0.3 is 9.84 Å². The lowest BCUT2D eigenvalue weighted by Gasteiger charge is -2.11. The van der Waals surface area contributed by atoms with Gasteiger partial charge in [-0.25, -0.2) is 4.79 Å². The Morgan fingerprint density at radius 3 is 2.18 bits per heavy atom. The number of ether oxygens (including phenoxy) is 1. The first-order chi connectivity index (χ1) is 10.2. The van der Waals surface area contributed by atoms with Crippen LogP contribution in [0.4, 0.5) is 13.2 Å². The van der Waals surface area contributed by atoms with Crippen molar-refractivity contribution in [3.63, 3.8) is 0 Å². The number of halogens is 4. The number of carbonyl (C=O) groups is 1. The summed E-state index contributed by atoms with van der Waals surface area (Å²) in [6.45, 7) is 0. The van der Waals surface area contributed by atoms with Crippen LogP contribution in [0.25, 0.3) is 11.1 Å². The third-order valence-electron chi connectivity index (χ3n) is 3.02. The summed E-state index contributed by atoms with van der Waals surface area (Å²) in [5.74, 6) is -1.24. The number of carboxylic acids is 1. The number of alkyl halides is 3. The fraction of sp³-hybridized carbons (Fsp3) is 0.133. The molecule has 0 unspecified atom stereocenters. The Bertz CT molecular complexity index is 709. The van der Waals surface area contributed by atoms with Crippen LogP contribution >= 0.6 is 11.6 Å². The highest BCUT2D eigenvalue weighted by atomic mass is 35.5. The molecule has 0 bridgehead atoms. The molecule has 0 atom stereocenters. The molecule has 2 rings (SSSR count). The highest BCUT2D eigenvalue weighted by Gasteiger charge is 2.30. The first-order valence-corrected chi connectivity index (χ1v) is 6.40. The second kappa shape index (κ2) is 5.88. The van der Waals surface area contributed by atoms with Gasteiger partial charge in [-0.2, -0.15) is 13.2 Å². The maximum atomic E-state index is 12.5. The van der Waals surface area contributed by atoms with Gasteiger partial charge in [-0.1, -0.05) is 23.7 Å². The minimum absolute atomic E-state index is 0.00447. The zero-order valence-corrected chi connectivity index (χ0v) is 12.0. The topological polar surface area (TPSA) is 46.5 Å². The molecule has 2 aromatic rings. The maximum Gasteiger partial charge on any atom is 0.416 e. The minimum atomic E-state index is -4.43. The molecule has 3 nitrogen and oxygen atoms in total. The molecule has 0 heterocycles. The van der Waals surface area contributed by atoms with Gasteiger partial charge in [0.15, 0.2) is 5.75 Å². The van der Waals surface area contributed by atoms with E-state index in [0.29, 0.717) is 11.1 Å². The second-order valence-corrected chi connectivity index (χ2v) is 4.83. The molecule has 116 valence electrons. The van der Waals surface area contributed by atoms with Crippen molar-refractivity contribution in [2.75, 3.05) is 7.11 Å². The van der Waals surface area contributed by atoms with Gasteiger partial charge >= 0.3 is 12.1 Å². The molecule has 2 aromatic carbocycles. The van der Waals surface area contributed by atoms with Crippen LogP contribution in [0.3, 0.4) is 0 Å². The van der Waals surface area contributed by atoms with Gasteiger partial charge in [0.25, 0.3) is 0 Å². The molecule has 0 saturated heterocycles. The van der Waals surface area contributed by atoms with Crippen molar-refractivity contribution >= 4 is 17.6 Å². The summed E-state index contributed by atoms with van der Waals surface area (Å²) >= 11 is 5.96. The number of aromatic carboxylic acids is 1. The average Bonchev–Trinajstić information content (AvgIpc) is 2.45. The van der Waals surface area contributed by atoms with Gasteiger partial charge in [-0.15, -0.1) is 0 Å². The van der Waals surface area contributed by atoms with Gasteiger partial charge in [-0.3, -0.25) is 0 Å². The second-order valence-electron chi connectivity index (χ2n) is 4.42. The fourth-order valence-electron chi connectivity index (χ4n) is 1.98. The largest absolute Gasteiger partial charge is 0.494 e. The van der Waals surface area contributed by atoms with Gasteiger partial charge in [-0.05, 0) is 35.4 Å². The number of hydrogen-bond donors (Lipinski definition) is 1. The van der Waals surface area contributed by atoms with Gasteiger partial charge in [0.05, 0.1) is 17.7 Å². The van der Waals surface area contributed by atoms with Gasteiger partial charge in [0, 0.05) is 0 Å². The van der Waals surface area contributed by atoms with Crippen molar-refractivity contribution in [2.24, 2.45) is 0 Å². The van der Waals surface area contributed by atoms with Crippen molar-refractivity contribution < 1.29 is 27.8 Å². The Hall–Kier alpha value is -2.21. The van der Waals surface area contributed by atoms with Gasteiger partial charge in [0.2, 0.25) is 0 Å². The molecule has 0 fully saturated rings. The fourth-order valence-corrected chi connectivity index (χ4v) is 2.27. The van der Waals surface area contributed by atoms with E-state index in [2.05, 4.69) is 0 Å². The lowest BCUT2D eigenvalue weighted by Crippen LogP contribution is -2.04. The lowest BCUT2D eigenvalue weighted by atomic mass is 10.0. The summed E-state index contributed by atoms with van der Waals surface area (Å²) in [7, 11) is 1.28. The highest BCUT2D eigenvalue weighted by molar-refractivity contribution is 6.33. The molecule has 0 aliphatic rings. The van der Waals surface area contributed by atoms with Crippen LogP contribution in [0, 0.1) is 0 Å². The van der Waals surface area contributed by atoms with Crippen molar-refractivity contribution in [3.8, 4) is 16.9 Å². The predicted molar refractivity (Wildman–Crippen MR) is 75.4 cm³/mol. The van der Waals surface area contributed by atoms with Crippen molar-refractivity contribution in [3.05, 3.63) is 52.5 Å². The third-order valence-corrected chi connectivity index (χ3v) is 3.30. The SMILES string of the molecule is COc1c(Cl)cc(-c2ccc(C(F)(F)F)cc2)cc1C(=O)O. The van der Waals surface area contributed by atoms with Crippen LogP contribution in [0.2, 0.25) is 5.02 Å². The summed E-state index contributed by atoms with van der Waals surface area (Å²) in [6, 6.07) is 7.10. The Balaban J connectivity index is 2.51. The van der Waals surface area contributed by atoms with Crippen LogP contribution in [-0.4, -0.2) is 18.2 Å². The van der Waals surface area contributed by atoms with Crippen LogP contribution in [0.1, 0.15) is 15.9 Å². The molecule has 0 amide bonds. The van der Waals surface area contributed by atoms with Crippen LogP contribution in [0.15, 0.2) is 36.4 Å². The van der Waals surface area contributed by atoms with Crippen molar-refractivity contribution in [1.29, 1.82) is 0 Å². The normalized spacial score (nSPS) is 11.3. The Labute approximate surface area is 128 Å². The highest BCUT2D eigenvalue weighted by Crippen LogP contribution is 2.36. The average molecular weight is 331 g/mol. The Morgan fingerprint density at radius 1 is 1.14 bits per heavy atom. The first-order valence-electron chi connectivity index (χ1n) is 6.02. The van der Waals surface area contributed by atoms with Crippen molar-refractivity contribution in [1.82, 2.24) is 0 Å². The van der Waals surface area contributed by atoms with Crippen LogP contribution in [-0.2, 0) is 6.18 Å². The number of benzene rings is 2. The lowest BCUT2D eigenvalue weighted by molar-refractivity contribution is -0.137. The molecule has 7 heteroatoms. The first kappa shape index (κ1) is 16.2. The van der Waals surface area contributed by atoms with E-state index < -0.39 is 17.7 Å². The predicted octanol–water partition coefficient (Wildman–Crippen LogP) is 4.73. The van der Waals surface area contributed by atoms with Crippen LogP contribution < -0.4 is 4.74 Å². The van der Waals surface area contributed by atoms with E-state index >= 15 is 0 Å². The molecule has 1 N–H and O–H groups in total. The summed E-state index contributed by atoms with van der Waals surface area (Å²) in [6.07, 6.45) is -4.43. The molecule has 0 aromatic heterocycles.